The lowest BCUT2D eigenvalue weighted by Gasteiger charge is -2.07. The number of hydrogen-bond donors (Lipinski definition) is 2. The Balaban J connectivity index is 2.22. The highest BCUT2D eigenvalue weighted by Crippen LogP contribution is 2.19. The number of carbonyl (C=O) groups is 1. The van der Waals surface area contributed by atoms with Crippen LogP contribution in [0.3, 0.4) is 0 Å². The third-order valence-corrected chi connectivity index (χ3v) is 3.55. The van der Waals surface area contributed by atoms with Crippen molar-refractivity contribution in [1.82, 2.24) is 4.98 Å². The lowest BCUT2D eigenvalue weighted by atomic mass is 10.1. The Bertz CT molecular complexity index is 695. The summed E-state index contributed by atoms with van der Waals surface area (Å²) in [6.07, 6.45) is 1.57. The van der Waals surface area contributed by atoms with Gasteiger partial charge >= 0.3 is 0 Å². The Morgan fingerprint density at radius 2 is 2.25 bits per heavy atom. The van der Waals surface area contributed by atoms with E-state index in [1.165, 1.54) is 11.3 Å². The van der Waals surface area contributed by atoms with Gasteiger partial charge in [-0.1, -0.05) is 17.9 Å². The first kappa shape index (κ1) is 14.3. The molecule has 0 saturated heterocycles. The molecule has 1 aromatic carbocycles. The molecule has 0 atom stereocenters. The highest BCUT2D eigenvalue weighted by molar-refractivity contribution is 7.13. The number of aliphatic hydroxyl groups is 1. The van der Waals surface area contributed by atoms with E-state index in [-0.39, 0.29) is 12.5 Å². The number of aromatic nitrogens is 1. The minimum Gasteiger partial charge on any atom is -0.384 e. The molecular formula is C15H14N2O2S. The van der Waals surface area contributed by atoms with Crippen molar-refractivity contribution in [3.63, 3.8) is 0 Å². The van der Waals surface area contributed by atoms with Gasteiger partial charge in [-0.05, 0) is 31.5 Å². The zero-order valence-electron chi connectivity index (χ0n) is 11.2. The van der Waals surface area contributed by atoms with E-state index in [4.69, 9.17) is 5.11 Å². The molecule has 4 nitrogen and oxygen atoms in total. The smallest absolute Gasteiger partial charge is 0.267 e. The number of thiazole rings is 1. The summed E-state index contributed by atoms with van der Waals surface area (Å²) >= 11 is 1.35. The van der Waals surface area contributed by atoms with Crippen LogP contribution in [0.1, 0.15) is 25.8 Å². The minimum atomic E-state index is -0.185. The molecule has 5 heteroatoms. The number of carbonyl (C=O) groups excluding carboxylic acids is 1. The van der Waals surface area contributed by atoms with Gasteiger partial charge in [0.15, 0.2) is 0 Å². The normalized spacial score (nSPS) is 9.75. The first-order chi connectivity index (χ1) is 9.60. The molecule has 0 aliphatic rings. The monoisotopic (exact) mass is 286 g/mol. The van der Waals surface area contributed by atoms with E-state index >= 15 is 0 Å². The number of benzene rings is 1. The lowest BCUT2D eigenvalue weighted by Crippen LogP contribution is -2.11. The summed E-state index contributed by atoms with van der Waals surface area (Å²) in [7, 11) is 0. The SMILES string of the molecule is Cc1ncc(C(=O)Nc2cc(C#CCO)ccc2C)s1. The van der Waals surface area contributed by atoms with Crippen LogP contribution >= 0.6 is 11.3 Å². The average Bonchev–Trinajstić information content (AvgIpc) is 2.86. The topological polar surface area (TPSA) is 62.2 Å². The summed E-state index contributed by atoms with van der Waals surface area (Å²) in [6.45, 7) is 3.59. The standard InChI is InChI=1S/C15H14N2O2S/c1-10-5-6-12(4-3-7-18)8-13(10)17-15(19)14-9-16-11(2)20-14/h5-6,8-9,18H,7H2,1-2H3,(H,17,19). The van der Waals surface area contributed by atoms with Crippen molar-refractivity contribution in [3.05, 3.63) is 45.4 Å². The molecule has 0 bridgehead atoms. The number of aryl methyl sites for hydroxylation is 2. The number of hydrogen-bond acceptors (Lipinski definition) is 4. The van der Waals surface area contributed by atoms with Crippen molar-refractivity contribution >= 4 is 22.9 Å². The van der Waals surface area contributed by atoms with E-state index in [0.717, 1.165) is 16.1 Å². The van der Waals surface area contributed by atoms with Crippen LogP contribution in [0.15, 0.2) is 24.4 Å². The summed E-state index contributed by atoms with van der Waals surface area (Å²) in [5.41, 5.74) is 2.42. The molecule has 2 rings (SSSR count). The van der Waals surface area contributed by atoms with Crippen LogP contribution in [0, 0.1) is 25.7 Å². The van der Waals surface area contributed by atoms with Crippen molar-refractivity contribution in [1.29, 1.82) is 0 Å². The molecule has 2 aromatic rings. The van der Waals surface area contributed by atoms with Crippen LogP contribution in [0.25, 0.3) is 0 Å². The zero-order valence-corrected chi connectivity index (χ0v) is 12.0. The van der Waals surface area contributed by atoms with E-state index in [1.54, 1.807) is 12.3 Å². The van der Waals surface area contributed by atoms with Gasteiger partial charge in [0.2, 0.25) is 0 Å². The summed E-state index contributed by atoms with van der Waals surface area (Å²) in [4.78, 5) is 16.7. The van der Waals surface area contributed by atoms with Gasteiger partial charge in [-0.15, -0.1) is 11.3 Å². The second-order valence-corrected chi connectivity index (χ2v) is 5.42. The molecule has 1 amide bonds. The molecular weight excluding hydrogens is 272 g/mol. The van der Waals surface area contributed by atoms with Crippen LogP contribution in [-0.2, 0) is 0 Å². The number of rotatable bonds is 2. The van der Waals surface area contributed by atoms with Gasteiger partial charge in [-0.3, -0.25) is 4.79 Å². The highest BCUT2D eigenvalue weighted by atomic mass is 32.1. The van der Waals surface area contributed by atoms with Gasteiger partial charge in [0.1, 0.15) is 11.5 Å². The van der Waals surface area contributed by atoms with Crippen LogP contribution in [0.4, 0.5) is 5.69 Å². The maximum atomic E-state index is 12.1. The van der Waals surface area contributed by atoms with Crippen molar-refractivity contribution in [2.75, 3.05) is 11.9 Å². The van der Waals surface area contributed by atoms with Gasteiger partial charge in [0.25, 0.3) is 5.91 Å². The van der Waals surface area contributed by atoms with E-state index < -0.39 is 0 Å². The number of anilines is 1. The first-order valence-electron chi connectivity index (χ1n) is 6.04. The fourth-order valence-electron chi connectivity index (χ4n) is 1.63. The fourth-order valence-corrected chi connectivity index (χ4v) is 2.30. The van der Waals surface area contributed by atoms with Crippen molar-refractivity contribution in [2.45, 2.75) is 13.8 Å². The fraction of sp³-hybridized carbons (Fsp3) is 0.200. The van der Waals surface area contributed by atoms with Gasteiger partial charge in [0.05, 0.1) is 11.2 Å². The summed E-state index contributed by atoms with van der Waals surface area (Å²) in [5, 5.41) is 12.4. The van der Waals surface area contributed by atoms with Crippen LogP contribution < -0.4 is 5.32 Å². The summed E-state index contributed by atoms with van der Waals surface area (Å²) < 4.78 is 0. The number of nitrogens with one attached hydrogen (secondary N) is 1. The Morgan fingerprint density at radius 3 is 2.90 bits per heavy atom. The molecule has 0 fully saturated rings. The minimum absolute atomic E-state index is 0.175. The van der Waals surface area contributed by atoms with E-state index in [1.807, 2.05) is 26.0 Å². The van der Waals surface area contributed by atoms with Gasteiger partial charge in [-0.25, -0.2) is 4.98 Å². The third-order valence-electron chi connectivity index (χ3n) is 2.64. The van der Waals surface area contributed by atoms with E-state index in [2.05, 4.69) is 22.1 Å². The molecule has 0 aliphatic carbocycles. The van der Waals surface area contributed by atoms with Crippen LogP contribution in [-0.4, -0.2) is 22.6 Å². The molecule has 0 saturated carbocycles. The Labute approximate surface area is 121 Å². The van der Waals surface area contributed by atoms with E-state index in [0.29, 0.717) is 10.6 Å². The predicted molar refractivity (Wildman–Crippen MR) is 79.9 cm³/mol. The number of amides is 1. The highest BCUT2D eigenvalue weighted by Gasteiger charge is 2.10. The third kappa shape index (κ3) is 3.44. The van der Waals surface area contributed by atoms with Crippen molar-refractivity contribution < 1.29 is 9.90 Å². The summed E-state index contributed by atoms with van der Waals surface area (Å²) in [5.74, 6) is 5.23. The second kappa shape index (κ2) is 6.33. The molecule has 20 heavy (non-hydrogen) atoms. The lowest BCUT2D eigenvalue weighted by molar-refractivity contribution is 0.103. The molecule has 0 spiro atoms. The molecule has 0 aliphatic heterocycles. The van der Waals surface area contributed by atoms with Crippen LogP contribution in [0.2, 0.25) is 0 Å². The van der Waals surface area contributed by atoms with Gasteiger partial charge in [-0.2, -0.15) is 0 Å². The number of aliphatic hydroxyl groups excluding tert-OH is 1. The summed E-state index contributed by atoms with van der Waals surface area (Å²) in [6, 6.07) is 5.53. The Morgan fingerprint density at radius 1 is 1.45 bits per heavy atom. The van der Waals surface area contributed by atoms with E-state index in [9.17, 15) is 4.79 Å². The molecule has 0 radical (unpaired) electrons. The quantitative estimate of drug-likeness (QED) is 0.833. The van der Waals surface area contributed by atoms with Gasteiger partial charge in [0, 0.05) is 11.3 Å². The average molecular weight is 286 g/mol. The zero-order chi connectivity index (χ0) is 14.5. The Hall–Kier alpha value is -2.16. The van der Waals surface area contributed by atoms with Gasteiger partial charge < -0.3 is 10.4 Å². The Kier molecular flexibility index (Phi) is 4.51. The largest absolute Gasteiger partial charge is 0.384 e. The molecule has 1 aromatic heterocycles. The van der Waals surface area contributed by atoms with Crippen molar-refractivity contribution in [3.8, 4) is 11.8 Å². The maximum Gasteiger partial charge on any atom is 0.267 e. The number of nitrogens with zero attached hydrogens (tertiary/aromatic N) is 1. The molecule has 2 N–H and O–H groups in total. The van der Waals surface area contributed by atoms with Crippen LogP contribution in [0.5, 0.6) is 0 Å². The van der Waals surface area contributed by atoms with Crippen molar-refractivity contribution in [2.24, 2.45) is 0 Å². The first-order valence-corrected chi connectivity index (χ1v) is 6.86. The second-order valence-electron chi connectivity index (χ2n) is 4.19. The molecule has 102 valence electrons. The molecule has 1 heterocycles. The maximum absolute atomic E-state index is 12.1. The molecule has 0 unspecified atom stereocenters. The predicted octanol–water partition coefficient (Wildman–Crippen LogP) is 2.36.